The highest BCUT2D eigenvalue weighted by atomic mass is 35.5. The molecule has 2 N–H and O–H groups in total. The Morgan fingerprint density at radius 2 is 1.73 bits per heavy atom. The molecule has 0 saturated heterocycles. The maximum Gasteiger partial charge on any atom is 0.292 e. The van der Waals surface area contributed by atoms with Gasteiger partial charge in [0.15, 0.2) is 0 Å². The molecule has 0 fully saturated rings. The lowest BCUT2D eigenvalue weighted by molar-refractivity contribution is 0.0515. The Morgan fingerprint density at radius 3 is 2.38 bits per heavy atom. The predicted molar refractivity (Wildman–Crippen MR) is 104 cm³/mol. The second-order valence-electron chi connectivity index (χ2n) is 6.24. The fraction of sp³-hybridized carbons (Fsp3) is 0.200. The molecule has 1 aromatic heterocycles. The maximum atomic E-state index is 12.5. The molecule has 0 radical (unpaired) electrons. The zero-order valence-electron chi connectivity index (χ0n) is 14.4. The van der Waals surface area contributed by atoms with E-state index in [2.05, 4.69) is 10.4 Å². The zero-order chi connectivity index (χ0) is 18.6. The Labute approximate surface area is 156 Å². The number of nitrogens with one attached hydrogen (secondary N) is 1. The van der Waals surface area contributed by atoms with Gasteiger partial charge in [-0.1, -0.05) is 60.1 Å². The number of aliphatic hydroxyl groups is 1. The first-order valence-electron chi connectivity index (χ1n) is 8.34. The molecule has 0 aliphatic carbocycles. The third kappa shape index (κ3) is 3.95. The van der Waals surface area contributed by atoms with E-state index in [-0.39, 0.29) is 5.02 Å². The number of hydrogen-bond acceptors (Lipinski definition) is 4. The molecule has 2 aromatic carbocycles. The van der Waals surface area contributed by atoms with Crippen molar-refractivity contribution in [3.8, 4) is 5.69 Å². The molecule has 134 valence electrons. The predicted octanol–water partition coefficient (Wildman–Crippen LogP) is 3.60. The molecule has 6 heteroatoms. The van der Waals surface area contributed by atoms with Gasteiger partial charge in [-0.3, -0.25) is 4.79 Å². The largest absolute Gasteiger partial charge is 0.385 e. The van der Waals surface area contributed by atoms with Crippen LogP contribution >= 0.6 is 11.6 Å². The molecule has 5 nitrogen and oxygen atoms in total. The van der Waals surface area contributed by atoms with E-state index in [4.69, 9.17) is 11.6 Å². The van der Waals surface area contributed by atoms with E-state index in [0.717, 1.165) is 5.56 Å². The summed E-state index contributed by atoms with van der Waals surface area (Å²) in [5.41, 5.74) is 0.571. The normalized spacial score (nSPS) is 13.2. The van der Waals surface area contributed by atoms with Crippen LogP contribution in [0.3, 0.4) is 0 Å². The quantitative estimate of drug-likeness (QED) is 0.696. The second kappa shape index (κ2) is 7.72. The van der Waals surface area contributed by atoms with Gasteiger partial charge in [0, 0.05) is 6.54 Å². The molecule has 0 saturated carbocycles. The first-order chi connectivity index (χ1) is 12.5. The highest BCUT2D eigenvalue weighted by molar-refractivity contribution is 6.32. The minimum atomic E-state index is -0.979. The zero-order valence-corrected chi connectivity index (χ0v) is 15.1. The van der Waals surface area contributed by atoms with Crippen LogP contribution in [0, 0.1) is 0 Å². The molecule has 0 aliphatic rings. The molecular weight excluding hydrogens is 350 g/mol. The van der Waals surface area contributed by atoms with Crippen LogP contribution in [-0.4, -0.2) is 21.4 Å². The van der Waals surface area contributed by atoms with Crippen molar-refractivity contribution in [2.75, 3.05) is 11.9 Å². The van der Waals surface area contributed by atoms with E-state index >= 15 is 0 Å². The Bertz CT molecular complexity index is 925. The summed E-state index contributed by atoms with van der Waals surface area (Å²) in [5, 5.41) is 18.0. The standard InChI is InChI=1S/C20H20ClN3O2/c1-20(26,15-8-4-2-5-9-15)12-13-22-17-14-23-24(19(25)18(17)21)16-10-6-3-7-11-16/h2-11,14,22,26H,12-13H2,1H3. The van der Waals surface area contributed by atoms with Crippen LogP contribution in [0.4, 0.5) is 5.69 Å². The molecule has 3 aromatic rings. The van der Waals surface area contributed by atoms with Gasteiger partial charge >= 0.3 is 0 Å². The number of halogens is 1. The third-order valence-corrected chi connectivity index (χ3v) is 4.61. The molecule has 0 bridgehead atoms. The van der Waals surface area contributed by atoms with E-state index in [1.165, 1.54) is 10.9 Å². The van der Waals surface area contributed by atoms with Crippen LogP contribution in [0.25, 0.3) is 5.69 Å². The summed E-state index contributed by atoms with van der Waals surface area (Å²) in [5.74, 6) is 0. The van der Waals surface area contributed by atoms with Gasteiger partial charge < -0.3 is 10.4 Å². The number of para-hydroxylation sites is 1. The molecule has 1 unspecified atom stereocenters. The van der Waals surface area contributed by atoms with Gasteiger partial charge in [0.05, 0.1) is 23.2 Å². The minimum absolute atomic E-state index is 0.0724. The van der Waals surface area contributed by atoms with Crippen molar-refractivity contribution in [2.24, 2.45) is 0 Å². The van der Waals surface area contributed by atoms with Crippen LogP contribution < -0.4 is 10.9 Å². The number of aromatic nitrogens is 2. The first-order valence-corrected chi connectivity index (χ1v) is 8.72. The number of nitrogens with zero attached hydrogens (tertiary/aromatic N) is 2. The molecule has 0 aliphatic heterocycles. The highest BCUT2D eigenvalue weighted by Gasteiger charge is 2.22. The summed E-state index contributed by atoms with van der Waals surface area (Å²) in [4.78, 5) is 12.5. The topological polar surface area (TPSA) is 67.2 Å². The average Bonchev–Trinajstić information content (AvgIpc) is 2.66. The van der Waals surface area contributed by atoms with Crippen molar-refractivity contribution in [2.45, 2.75) is 18.9 Å². The smallest absolute Gasteiger partial charge is 0.292 e. The number of anilines is 1. The van der Waals surface area contributed by atoms with Crippen molar-refractivity contribution >= 4 is 17.3 Å². The Kier molecular flexibility index (Phi) is 5.40. The Morgan fingerprint density at radius 1 is 1.12 bits per heavy atom. The number of benzene rings is 2. The van der Waals surface area contributed by atoms with Crippen LogP contribution in [0.2, 0.25) is 5.02 Å². The first kappa shape index (κ1) is 18.2. The van der Waals surface area contributed by atoms with Gasteiger partial charge in [-0.25, -0.2) is 0 Å². The van der Waals surface area contributed by atoms with Gasteiger partial charge in [0.1, 0.15) is 5.02 Å². The summed E-state index contributed by atoms with van der Waals surface area (Å²) in [6.07, 6.45) is 1.98. The lowest BCUT2D eigenvalue weighted by Gasteiger charge is -2.24. The highest BCUT2D eigenvalue weighted by Crippen LogP contribution is 2.25. The SMILES string of the molecule is CC(O)(CCNc1cnn(-c2ccccc2)c(=O)c1Cl)c1ccccc1. The van der Waals surface area contributed by atoms with E-state index in [1.54, 1.807) is 19.1 Å². The lowest BCUT2D eigenvalue weighted by Crippen LogP contribution is -2.26. The van der Waals surface area contributed by atoms with Crippen LogP contribution in [0.5, 0.6) is 0 Å². The summed E-state index contributed by atoms with van der Waals surface area (Å²) in [6.45, 7) is 2.20. The van der Waals surface area contributed by atoms with Crippen molar-refractivity contribution in [3.05, 3.63) is 87.8 Å². The van der Waals surface area contributed by atoms with Crippen molar-refractivity contribution in [1.29, 1.82) is 0 Å². The number of rotatable bonds is 6. The van der Waals surface area contributed by atoms with Gasteiger partial charge in [0.2, 0.25) is 0 Å². The Hall–Kier alpha value is -2.63. The molecule has 0 spiro atoms. The van der Waals surface area contributed by atoms with Gasteiger partial charge in [-0.05, 0) is 31.0 Å². The van der Waals surface area contributed by atoms with Gasteiger partial charge in [-0.2, -0.15) is 9.78 Å². The summed E-state index contributed by atoms with van der Waals surface area (Å²) in [6, 6.07) is 18.6. The van der Waals surface area contributed by atoms with Crippen LogP contribution in [0.15, 0.2) is 71.7 Å². The van der Waals surface area contributed by atoms with E-state index in [0.29, 0.717) is 24.3 Å². The maximum absolute atomic E-state index is 12.5. The summed E-state index contributed by atoms with van der Waals surface area (Å²) < 4.78 is 1.26. The molecule has 26 heavy (non-hydrogen) atoms. The fourth-order valence-corrected chi connectivity index (χ4v) is 2.89. The second-order valence-corrected chi connectivity index (χ2v) is 6.62. The molecular formula is C20H20ClN3O2. The lowest BCUT2D eigenvalue weighted by atomic mass is 9.93. The van der Waals surface area contributed by atoms with E-state index in [1.807, 2.05) is 48.5 Å². The molecule has 0 amide bonds. The van der Waals surface area contributed by atoms with E-state index < -0.39 is 11.2 Å². The van der Waals surface area contributed by atoms with Crippen molar-refractivity contribution < 1.29 is 5.11 Å². The monoisotopic (exact) mass is 369 g/mol. The molecule has 1 atom stereocenters. The van der Waals surface area contributed by atoms with Crippen molar-refractivity contribution in [1.82, 2.24) is 9.78 Å². The number of hydrogen-bond donors (Lipinski definition) is 2. The van der Waals surface area contributed by atoms with Crippen LogP contribution in [0.1, 0.15) is 18.9 Å². The Balaban J connectivity index is 1.71. The van der Waals surface area contributed by atoms with Crippen LogP contribution in [-0.2, 0) is 5.60 Å². The molecule has 3 rings (SSSR count). The minimum Gasteiger partial charge on any atom is -0.385 e. The van der Waals surface area contributed by atoms with Crippen molar-refractivity contribution in [3.63, 3.8) is 0 Å². The summed E-state index contributed by atoms with van der Waals surface area (Å²) in [7, 11) is 0. The fourth-order valence-electron chi connectivity index (χ4n) is 2.69. The van der Waals surface area contributed by atoms with Gasteiger partial charge in [0.25, 0.3) is 5.56 Å². The van der Waals surface area contributed by atoms with E-state index in [9.17, 15) is 9.90 Å². The van der Waals surface area contributed by atoms with Gasteiger partial charge in [-0.15, -0.1) is 0 Å². The molecule has 1 heterocycles. The average molecular weight is 370 g/mol. The summed E-state index contributed by atoms with van der Waals surface area (Å²) >= 11 is 6.22. The third-order valence-electron chi connectivity index (χ3n) is 4.24.